The Morgan fingerprint density at radius 3 is 2.33 bits per heavy atom. The van der Waals surface area contributed by atoms with Crippen molar-refractivity contribution < 1.29 is 13.2 Å². The summed E-state index contributed by atoms with van der Waals surface area (Å²) in [6.07, 6.45) is 1.83. The van der Waals surface area contributed by atoms with Crippen LogP contribution in [-0.2, 0) is 15.0 Å². The van der Waals surface area contributed by atoms with Crippen molar-refractivity contribution in [3.8, 4) is 0 Å². The summed E-state index contributed by atoms with van der Waals surface area (Å²) >= 11 is 0. The Kier molecular flexibility index (Phi) is 4.14. The summed E-state index contributed by atoms with van der Waals surface area (Å²) in [6.45, 7) is 10.2. The van der Waals surface area contributed by atoms with E-state index >= 15 is 0 Å². The number of likely N-dealkylation sites (tertiary alicyclic amines) is 1. The predicted molar refractivity (Wildman–Crippen MR) is 81.5 cm³/mol. The second kappa shape index (κ2) is 5.21. The molecule has 0 aromatic carbocycles. The number of nitrogens with one attached hydrogen (secondary N) is 1. The molecule has 2 fully saturated rings. The molecule has 1 heterocycles. The number of rotatable bonds is 4. The lowest BCUT2D eigenvalue weighted by atomic mass is 9.97. The van der Waals surface area contributed by atoms with Gasteiger partial charge in [0.25, 0.3) is 10.2 Å². The first-order valence-corrected chi connectivity index (χ1v) is 9.07. The third-order valence-electron chi connectivity index (χ3n) is 5.67. The van der Waals surface area contributed by atoms with Gasteiger partial charge in [-0.05, 0) is 29.6 Å². The zero-order valence-electron chi connectivity index (χ0n) is 13.3. The quantitative estimate of drug-likeness (QED) is 0.799. The molecule has 2 aliphatic rings. The zero-order valence-corrected chi connectivity index (χ0v) is 14.2. The van der Waals surface area contributed by atoms with Crippen molar-refractivity contribution in [1.82, 2.24) is 9.62 Å². The van der Waals surface area contributed by atoms with Gasteiger partial charge in [-0.2, -0.15) is 8.42 Å². The SMILES string of the molecule is CC1(C)C(C(=O)N2CCC[C@@H](CNS(N)(=O)=O)C2)C1(C)C. The topological polar surface area (TPSA) is 92.5 Å². The van der Waals surface area contributed by atoms with Crippen LogP contribution in [0.15, 0.2) is 0 Å². The van der Waals surface area contributed by atoms with Crippen molar-refractivity contribution in [2.45, 2.75) is 40.5 Å². The van der Waals surface area contributed by atoms with Gasteiger partial charge in [0, 0.05) is 25.6 Å². The highest BCUT2D eigenvalue weighted by molar-refractivity contribution is 7.87. The second-order valence-corrected chi connectivity index (χ2v) is 8.94. The molecule has 1 aliphatic carbocycles. The Hall–Kier alpha value is -0.660. The number of carbonyl (C=O) groups is 1. The Morgan fingerprint density at radius 2 is 1.86 bits per heavy atom. The minimum absolute atomic E-state index is 0.0376. The molecule has 7 heteroatoms. The van der Waals surface area contributed by atoms with E-state index in [1.54, 1.807) is 0 Å². The summed E-state index contributed by atoms with van der Waals surface area (Å²) in [5.74, 6) is 0.422. The first kappa shape index (κ1) is 16.7. The van der Waals surface area contributed by atoms with Gasteiger partial charge in [0.1, 0.15) is 0 Å². The normalized spacial score (nSPS) is 28.4. The van der Waals surface area contributed by atoms with E-state index in [-0.39, 0.29) is 28.6 Å². The van der Waals surface area contributed by atoms with Crippen LogP contribution >= 0.6 is 0 Å². The van der Waals surface area contributed by atoms with Crippen LogP contribution < -0.4 is 9.86 Å². The van der Waals surface area contributed by atoms with Crippen molar-refractivity contribution >= 4 is 16.1 Å². The lowest BCUT2D eigenvalue weighted by Gasteiger charge is -2.33. The number of piperidine rings is 1. The van der Waals surface area contributed by atoms with Crippen molar-refractivity contribution in [3.05, 3.63) is 0 Å². The number of amides is 1. The van der Waals surface area contributed by atoms with Crippen LogP contribution in [0.25, 0.3) is 0 Å². The summed E-state index contributed by atoms with van der Waals surface area (Å²) in [5.41, 5.74) is 0.0751. The summed E-state index contributed by atoms with van der Waals surface area (Å²) in [7, 11) is -3.66. The molecular weight excluding hydrogens is 290 g/mol. The summed E-state index contributed by atoms with van der Waals surface area (Å²) in [4.78, 5) is 14.6. The lowest BCUT2D eigenvalue weighted by molar-refractivity contribution is -0.135. The third kappa shape index (κ3) is 3.24. The lowest BCUT2D eigenvalue weighted by Crippen LogP contribution is -2.45. The van der Waals surface area contributed by atoms with E-state index in [0.717, 1.165) is 19.4 Å². The molecule has 2 rings (SSSR count). The van der Waals surface area contributed by atoms with E-state index in [9.17, 15) is 13.2 Å². The molecule has 122 valence electrons. The maximum absolute atomic E-state index is 12.7. The first-order valence-electron chi connectivity index (χ1n) is 7.53. The van der Waals surface area contributed by atoms with Gasteiger partial charge in [0.15, 0.2) is 0 Å². The Labute approximate surface area is 127 Å². The van der Waals surface area contributed by atoms with Gasteiger partial charge < -0.3 is 4.90 Å². The Bertz CT molecular complexity index is 514. The van der Waals surface area contributed by atoms with Crippen molar-refractivity contribution in [2.24, 2.45) is 27.8 Å². The van der Waals surface area contributed by atoms with E-state index in [1.165, 1.54) is 0 Å². The van der Waals surface area contributed by atoms with Gasteiger partial charge in [0.2, 0.25) is 5.91 Å². The molecular formula is C14H27N3O3S. The smallest absolute Gasteiger partial charge is 0.274 e. The van der Waals surface area contributed by atoms with E-state index in [2.05, 4.69) is 32.4 Å². The molecule has 0 aromatic rings. The number of hydrogen-bond donors (Lipinski definition) is 2. The Morgan fingerprint density at radius 1 is 1.29 bits per heavy atom. The molecule has 1 atom stereocenters. The van der Waals surface area contributed by atoms with Crippen molar-refractivity contribution in [3.63, 3.8) is 0 Å². The average molecular weight is 317 g/mol. The molecule has 3 N–H and O–H groups in total. The zero-order chi connectivity index (χ0) is 16.1. The molecule has 1 saturated heterocycles. The van der Waals surface area contributed by atoms with Gasteiger partial charge in [-0.1, -0.05) is 27.7 Å². The molecule has 6 nitrogen and oxygen atoms in total. The van der Waals surface area contributed by atoms with E-state index in [4.69, 9.17) is 5.14 Å². The maximum Gasteiger partial charge on any atom is 0.274 e. The van der Waals surface area contributed by atoms with Gasteiger partial charge in [0.05, 0.1) is 0 Å². The predicted octanol–water partition coefficient (Wildman–Crippen LogP) is 0.700. The van der Waals surface area contributed by atoms with Crippen LogP contribution in [0.3, 0.4) is 0 Å². The van der Waals surface area contributed by atoms with Gasteiger partial charge >= 0.3 is 0 Å². The summed E-state index contributed by atoms with van der Waals surface area (Å²) < 4.78 is 24.3. The molecule has 1 amide bonds. The summed E-state index contributed by atoms with van der Waals surface area (Å²) in [5, 5.41) is 4.96. The maximum atomic E-state index is 12.7. The fraction of sp³-hybridized carbons (Fsp3) is 0.929. The summed E-state index contributed by atoms with van der Waals surface area (Å²) in [6, 6.07) is 0. The highest BCUT2D eigenvalue weighted by atomic mass is 32.2. The van der Waals surface area contributed by atoms with E-state index in [1.807, 2.05) is 4.90 Å². The number of carbonyl (C=O) groups excluding carboxylic acids is 1. The van der Waals surface area contributed by atoms with Crippen LogP contribution in [0.5, 0.6) is 0 Å². The van der Waals surface area contributed by atoms with Crippen LogP contribution in [-0.4, -0.2) is 38.9 Å². The number of nitrogens with two attached hydrogens (primary N) is 1. The van der Waals surface area contributed by atoms with Crippen LogP contribution in [0.4, 0.5) is 0 Å². The monoisotopic (exact) mass is 317 g/mol. The molecule has 1 aliphatic heterocycles. The fourth-order valence-corrected chi connectivity index (χ4v) is 4.13. The minimum Gasteiger partial charge on any atom is -0.342 e. The molecule has 0 radical (unpaired) electrons. The van der Waals surface area contributed by atoms with E-state index < -0.39 is 10.2 Å². The van der Waals surface area contributed by atoms with Crippen LogP contribution in [0, 0.1) is 22.7 Å². The first-order chi connectivity index (χ1) is 9.47. The second-order valence-electron chi connectivity index (χ2n) is 7.56. The fourth-order valence-electron chi connectivity index (χ4n) is 3.66. The highest BCUT2D eigenvalue weighted by Crippen LogP contribution is 2.68. The molecule has 0 spiro atoms. The van der Waals surface area contributed by atoms with Crippen LogP contribution in [0.1, 0.15) is 40.5 Å². The average Bonchev–Trinajstić information content (AvgIpc) is 2.76. The van der Waals surface area contributed by atoms with Crippen LogP contribution in [0.2, 0.25) is 0 Å². The minimum atomic E-state index is -3.66. The molecule has 1 saturated carbocycles. The molecule has 0 aromatic heterocycles. The van der Waals surface area contributed by atoms with E-state index in [0.29, 0.717) is 13.1 Å². The molecule has 21 heavy (non-hydrogen) atoms. The Balaban J connectivity index is 1.94. The third-order valence-corrected chi connectivity index (χ3v) is 6.24. The van der Waals surface area contributed by atoms with Gasteiger partial charge in [-0.25, -0.2) is 9.86 Å². The standard InChI is InChI=1S/C14H27N3O3S/c1-13(2)11(14(13,3)4)12(18)17-7-5-6-10(9-17)8-16-21(15,19)20/h10-11,16H,5-9H2,1-4H3,(H2,15,19,20)/t10-/m0/s1. The highest BCUT2D eigenvalue weighted by Gasteiger charge is 2.68. The molecule has 0 unspecified atom stereocenters. The largest absolute Gasteiger partial charge is 0.342 e. The van der Waals surface area contributed by atoms with Crippen molar-refractivity contribution in [1.29, 1.82) is 0 Å². The van der Waals surface area contributed by atoms with Crippen molar-refractivity contribution in [2.75, 3.05) is 19.6 Å². The van der Waals surface area contributed by atoms with Gasteiger partial charge in [-0.15, -0.1) is 0 Å². The number of nitrogens with zero attached hydrogens (tertiary/aromatic N) is 1. The molecule has 0 bridgehead atoms. The number of hydrogen-bond acceptors (Lipinski definition) is 3. The van der Waals surface area contributed by atoms with Gasteiger partial charge in [-0.3, -0.25) is 4.79 Å².